The third-order valence-corrected chi connectivity index (χ3v) is 5.59. The third-order valence-electron chi connectivity index (χ3n) is 5.15. The van der Waals surface area contributed by atoms with Gasteiger partial charge < -0.3 is 10.0 Å². The van der Waals surface area contributed by atoms with Crippen molar-refractivity contribution in [1.82, 2.24) is 4.90 Å². The molecule has 124 valence electrons. The minimum atomic E-state index is -0.739. The lowest BCUT2D eigenvalue weighted by Gasteiger charge is -2.20. The molecule has 1 saturated heterocycles. The second-order valence-electron chi connectivity index (χ2n) is 6.72. The fourth-order valence-electron chi connectivity index (χ4n) is 3.88. The Kier molecular flexibility index (Phi) is 3.83. The van der Waals surface area contributed by atoms with Gasteiger partial charge in [0.25, 0.3) is 0 Å². The van der Waals surface area contributed by atoms with Crippen LogP contribution in [-0.4, -0.2) is 22.1 Å². The van der Waals surface area contributed by atoms with Gasteiger partial charge in [-0.05, 0) is 41.7 Å². The Balaban J connectivity index is 1.57. The van der Waals surface area contributed by atoms with Gasteiger partial charge in [-0.25, -0.2) is 0 Å². The van der Waals surface area contributed by atoms with Gasteiger partial charge in [0.05, 0.1) is 5.41 Å². The molecule has 1 aliphatic carbocycles. The number of hydrogen-bond donors (Lipinski definition) is 1. The van der Waals surface area contributed by atoms with Crippen molar-refractivity contribution in [3.05, 3.63) is 69.7 Å². The number of likely N-dealkylation sites (tertiary alicyclic amines) is 1. The van der Waals surface area contributed by atoms with Gasteiger partial charge in [0.2, 0.25) is 5.91 Å². The molecule has 2 aromatic carbocycles. The molecule has 2 aromatic rings. The van der Waals surface area contributed by atoms with Crippen LogP contribution in [0.2, 0.25) is 10.0 Å². The van der Waals surface area contributed by atoms with Crippen LogP contribution in [0, 0.1) is 5.41 Å². The van der Waals surface area contributed by atoms with Crippen LogP contribution in [0.25, 0.3) is 0 Å². The maximum atomic E-state index is 13.0. The van der Waals surface area contributed by atoms with Gasteiger partial charge >= 0.3 is 0 Å². The summed E-state index contributed by atoms with van der Waals surface area (Å²) < 4.78 is 0. The summed E-state index contributed by atoms with van der Waals surface area (Å²) in [5.74, 6) is 0.108. The van der Waals surface area contributed by atoms with E-state index in [1.54, 1.807) is 11.0 Å². The van der Waals surface area contributed by atoms with Crippen molar-refractivity contribution in [2.24, 2.45) is 5.41 Å². The van der Waals surface area contributed by atoms with Crippen molar-refractivity contribution >= 4 is 29.1 Å². The molecular formula is C19H17Cl2NO2. The molecule has 1 spiro atoms. The highest BCUT2D eigenvalue weighted by Crippen LogP contribution is 2.66. The lowest BCUT2D eigenvalue weighted by molar-refractivity contribution is -0.137. The summed E-state index contributed by atoms with van der Waals surface area (Å²) in [5, 5.41) is 11.6. The first-order valence-corrected chi connectivity index (χ1v) is 8.74. The second kappa shape index (κ2) is 5.76. The minimum absolute atomic E-state index is 0.0277. The summed E-state index contributed by atoms with van der Waals surface area (Å²) in [6.45, 7) is 0.436. The Morgan fingerprint density at radius 2 is 1.75 bits per heavy atom. The predicted molar refractivity (Wildman–Crippen MR) is 93.9 cm³/mol. The number of aliphatic hydroxyl groups excluding tert-OH is 1. The average Bonchev–Trinajstić information content (AvgIpc) is 3.22. The van der Waals surface area contributed by atoms with Crippen molar-refractivity contribution in [2.75, 3.05) is 0 Å². The van der Waals surface area contributed by atoms with Crippen LogP contribution in [-0.2, 0) is 11.3 Å². The lowest BCUT2D eigenvalue weighted by atomic mass is 9.97. The molecule has 1 heterocycles. The number of benzene rings is 2. The van der Waals surface area contributed by atoms with Gasteiger partial charge in [-0.3, -0.25) is 4.79 Å². The number of hydrogen-bond acceptors (Lipinski definition) is 2. The monoisotopic (exact) mass is 361 g/mol. The van der Waals surface area contributed by atoms with Crippen LogP contribution in [0.1, 0.15) is 29.9 Å². The number of carbonyl (C=O) groups excluding carboxylic acids is 1. The number of nitrogens with zero attached hydrogens (tertiary/aromatic N) is 1. The Bertz CT molecular complexity index is 775. The summed E-state index contributed by atoms with van der Waals surface area (Å²) >= 11 is 12.2. The molecule has 1 N–H and O–H groups in total. The van der Waals surface area contributed by atoms with Crippen LogP contribution in [0.4, 0.5) is 0 Å². The normalized spacial score (nSPS) is 28.6. The van der Waals surface area contributed by atoms with Crippen molar-refractivity contribution < 1.29 is 9.90 Å². The first-order chi connectivity index (χ1) is 11.5. The molecule has 3 atom stereocenters. The molecule has 2 fully saturated rings. The van der Waals surface area contributed by atoms with Gasteiger partial charge in [0.1, 0.15) is 6.23 Å². The number of rotatable bonds is 3. The van der Waals surface area contributed by atoms with Gasteiger partial charge in [0.15, 0.2) is 0 Å². The van der Waals surface area contributed by atoms with Crippen LogP contribution >= 0.6 is 23.2 Å². The van der Waals surface area contributed by atoms with Crippen LogP contribution < -0.4 is 0 Å². The molecule has 1 aliphatic heterocycles. The maximum Gasteiger partial charge on any atom is 0.231 e. The predicted octanol–water partition coefficient (Wildman–Crippen LogP) is 4.22. The molecule has 24 heavy (non-hydrogen) atoms. The van der Waals surface area contributed by atoms with E-state index in [-0.39, 0.29) is 11.8 Å². The van der Waals surface area contributed by atoms with E-state index in [4.69, 9.17) is 23.2 Å². The molecule has 2 aliphatic rings. The van der Waals surface area contributed by atoms with E-state index in [0.29, 0.717) is 23.0 Å². The largest absolute Gasteiger partial charge is 0.373 e. The van der Waals surface area contributed by atoms with Crippen molar-refractivity contribution in [1.29, 1.82) is 0 Å². The van der Waals surface area contributed by atoms with Crippen LogP contribution in [0.3, 0.4) is 0 Å². The smallest absolute Gasteiger partial charge is 0.231 e. The Hall–Kier alpha value is -1.55. The molecule has 1 saturated carbocycles. The zero-order valence-electron chi connectivity index (χ0n) is 13.0. The molecule has 0 aromatic heterocycles. The molecule has 3 nitrogen and oxygen atoms in total. The van der Waals surface area contributed by atoms with E-state index in [1.165, 1.54) is 0 Å². The second-order valence-corrected chi connectivity index (χ2v) is 7.59. The molecule has 5 heteroatoms. The van der Waals surface area contributed by atoms with Gasteiger partial charge in [-0.2, -0.15) is 0 Å². The Morgan fingerprint density at radius 3 is 2.42 bits per heavy atom. The Labute approximate surface area is 150 Å². The molecule has 0 radical (unpaired) electrons. The van der Waals surface area contributed by atoms with Gasteiger partial charge in [-0.1, -0.05) is 53.5 Å². The summed E-state index contributed by atoms with van der Waals surface area (Å²) in [5.41, 5.74) is 1.50. The summed E-state index contributed by atoms with van der Waals surface area (Å²) in [6, 6.07) is 15.2. The van der Waals surface area contributed by atoms with E-state index in [9.17, 15) is 9.90 Å². The number of amides is 1. The van der Waals surface area contributed by atoms with Crippen molar-refractivity contribution in [3.8, 4) is 0 Å². The first kappa shape index (κ1) is 15.9. The number of carbonyl (C=O) groups is 1. The van der Waals surface area contributed by atoms with Crippen LogP contribution in [0.15, 0.2) is 48.5 Å². The summed E-state index contributed by atoms with van der Waals surface area (Å²) in [4.78, 5) is 14.5. The fraction of sp³-hybridized carbons (Fsp3) is 0.316. The highest BCUT2D eigenvalue weighted by Gasteiger charge is 2.66. The fourth-order valence-corrected chi connectivity index (χ4v) is 4.43. The number of halogens is 2. The quantitative estimate of drug-likeness (QED) is 0.888. The standard InChI is InChI=1S/C19H17Cl2NO2/c20-14-6-13(7-15(21)8-14)16-9-19(16)10-17(23)22(18(19)24)11-12-4-2-1-3-5-12/h1-8,16-17,23H,9-11H2. The highest BCUT2D eigenvalue weighted by molar-refractivity contribution is 6.34. The highest BCUT2D eigenvalue weighted by atomic mass is 35.5. The zero-order chi connectivity index (χ0) is 16.9. The first-order valence-electron chi connectivity index (χ1n) is 7.99. The summed E-state index contributed by atoms with van der Waals surface area (Å²) in [6.07, 6.45) is 0.468. The molecule has 0 bridgehead atoms. The topological polar surface area (TPSA) is 40.5 Å². The molecule has 4 rings (SSSR count). The van der Waals surface area contributed by atoms with Gasteiger partial charge in [-0.15, -0.1) is 0 Å². The third kappa shape index (κ3) is 2.61. The van der Waals surface area contributed by atoms with E-state index >= 15 is 0 Å². The minimum Gasteiger partial charge on any atom is -0.373 e. The van der Waals surface area contributed by atoms with Crippen molar-refractivity contribution in [2.45, 2.75) is 31.5 Å². The van der Waals surface area contributed by atoms with E-state index in [1.807, 2.05) is 42.5 Å². The molecular weight excluding hydrogens is 345 g/mol. The van der Waals surface area contributed by atoms with Crippen molar-refractivity contribution in [3.63, 3.8) is 0 Å². The summed E-state index contributed by atoms with van der Waals surface area (Å²) in [7, 11) is 0. The maximum absolute atomic E-state index is 13.0. The van der Waals surface area contributed by atoms with E-state index in [0.717, 1.165) is 17.5 Å². The van der Waals surface area contributed by atoms with E-state index in [2.05, 4.69) is 0 Å². The average molecular weight is 362 g/mol. The zero-order valence-corrected chi connectivity index (χ0v) is 14.5. The lowest BCUT2D eigenvalue weighted by Crippen LogP contribution is -2.33. The SMILES string of the molecule is O=C1N(Cc2ccccc2)C(O)CC12CC2c1cc(Cl)cc(Cl)c1. The Morgan fingerprint density at radius 1 is 1.08 bits per heavy atom. The van der Waals surface area contributed by atoms with E-state index < -0.39 is 11.6 Å². The molecule has 3 unspecified atom stereocenters. The number of aliphatic hydroxyl groups is 1. The van der Waals surface area contributed by atoms with Crippen LogP contribution in [0.5, 0.6) is 0 Å². The molecule has 1 amide bonds. The van der Waals surface area contributed by atoms with Gasteiger partial charge in [0, 0.05) is 23.0 Å².